The van der Waals surface area contributed by atoms with Crippen LogP contribution in [0.15, 0.2) is 24.3 Å². The number of carbonyl (C=O) groups excluding carboxylic acids is 2. The number of amides is 1. The van der Waals surface area contributed by atoms with Crippen LogP contribution >= 0.6 is 34.8 Å². The maximum Gasteiger partial charge on any atom is 0.274 e. The Bertz CT molecular complexity index is 797. The van der Waals surface area contributed by atoms with Gasteiger partial charge < -0.3 is 15.0 Å². The molecule has 2 N–H and O–H groups in total. The molecular weight excluding hydrogens is 363 g/mol. The number of ether oxygens (including phenoxy) is 1. The van der Waals surface area contributed by atoms with E-state index in [1.165, 1.54) is 0 Å². The average Bonchev–Trinajstić information content (AvgIpc) is 2.95. The van der Waals surface area contributed by atoms with Crippen LogP contribution in [0.2, 0.25) is 0 Å². The van der Waals surface area contributed by atoms with E-state index in [0.717, 1.165) is 16.5 Å². The second-order valence-electron chi connectivity index (χ2n) is 5.24. The Hall–Kier alpha value is -1.27. The summed E-state index contributed by atoms with van der Waals surface area (Å²) in [6.07, 6.45) is 0.172. The molecule has 2 aromatic rings. The highest BCUT2D eigenvalue weighted by atomic mass is 35.6. The number of halogens is 3. The fraction of sp³-hybridized carbons (Fsp3) is 0.333. The number of H-pyrrole nitrogens is 1. The first kappa shape index (κ1) is 16.6. The lowest BCUT2D eigenvalue weighted by Gasteiger charge is -2.29. The van der Waals surface area contributed by atoms with Crippen molar-refractivity contribution in [3.05, 3.63) is 35.5 Å². The summed E-state index contributed by atoms with van der Waals surface area (Å²) in [6.45, 7) is 1.94. The Kier molecular flexibility index (Phi) is 4.09. The van der Waals surface area contributed by atoms with Gasteiger partial charge in [0.1, 0.15) is 0 Å². The molecule has 1 atom stereocenters. The van der Waals surface area contributed by atoms with Crippen molar-refractivity contribution in [2.45, 2.75) is 22.9 Å². The highest BCUT2D eigenvalue weighted by molar-refractivity contribution is 6.76. The molecule has 1 aromatic carbocycles. The molecule has 0 bridgehead atoms. The number of ketones is 1. The number of alkyl halides is 3. The number of hydrogen-bond donors (Lipinski definition) is 2. The summed E-state index contributed by atoms with van der Waals surface area (Å²) in [7, 11) is 0. The number of rotatable bonds is 3. The van der Waals surface area contributed by atoms with E-state index in [2.05, 4.69) is 10.3 Å². The SMILES string of the molecule is CCOC1(NC(=O)C(Cl)(Cl)Cl)Cc2c([nH]c3ccccc23)C1=O. The van der Waals surface area contributed by atoms with Crippen LogP contribution in [0.25, 0.3) is 10.9 Å². The van der Waals surface area contributed by atoms with Crippen molar-refractivity contribution in [3.8, 4) is 0 Å². The third-order valence-electron chi connectivity index (χ3n) is 3.80. The third-order valence-corrected chi connectivity index (χ3v) is 4.31. The average molecular weight is 376 g/mol. The second kappa shape index (κ2) is 5.67. The molecular formula is C15H13Cl3N2O3. The van der Waals surface area contributed by atoms with Gasteiger partial charge in [0.2, 0.25) is 11.5 Å². The Labute approximate surface area is 147 Å². The Morgan fingerprint density at radius 2 is 2.09 bits per heavy atom. The van der Waals surface area contributed by atoms with E-state index in [1.807, 2.05) is 24.3 Å². The summed E-state index contributed by atoms with van der Waals surface area (Å²) in [5, 5.41) is 3.36. The first-order valence-electron chi connectivity index (χ1n) is 6.96. The Balaban J connectivity index is 2.03. The van der Waals surface area contributed by atoms with E-state index in [0.29, 0.717) is 5.69 Å². The normalized spacial score (nSPS) is 20.8. The predicted octanol–water partition coefficient (Wildman–Crippen LogP) is 3.13. The highest BCUT2D eigenvalue weighted by Gasteiger charge is 2.51. The lowest BCUT2D eigenvalue weighted by Crippen LogP contribution is -2.58. The summed E-state index contributed by atoms with van der Waals surface area (Å²) in [4.78, 5) is 27.9. The van der Waals surface area contributed by atoms with Crippen molar-refractivity contribution in [3.63, 3.8) is 0 Å². The zero-order valence-electron chi connectivity index (χ0n) is 12.1. The number of nitrogens with one attached hydrogen (secondary N) is 2. The van der Waals surface area contributed by atoms with Gasteiger partial charge in [-0.3, -0.25) is 9.59 Å². The Morgan fingerprint density at radius 3 is 2.74 bits per heavy atom. The van der Waals surface area contributed by atoms with Gasteiger partial charge in [-0.15, -0.1) is 0 Å². The molecule has 0 spiro atoms. The minimum absolute atomic E-state index is 0.172. The first-order valence-corrected chi connectivity index (χ1v) is 8.09. The van der Waals surface area contributed by atoms with Crippen LogP contribution in [0, 0.1) is 0 Å². The molecule has 23 heavy (non-hydrogen) atoms. The van der Waals surface area contributed by atoms with Crippen LogP contribution in [-0.4, -0.2) is 32.8 Å². The molecule has 0 saturated heterocycles. The lowest BCUT2D eigenvalue weighted by molar-refractivity contribution is -0.128. The van der Waals surface area contributed by atoms with Crippen molar-refractivity contribution in [1.29, 1.82) is 0 Å². The van der Waals surface area contributed by atoms with Crippen molar-refractivity contribution >= 4 is 57.4 Å². The molecule has 0 saturated carbocycles. The number of hydrogen-bond acceptors (Lipinski definition) is 3. The molecule has 3 rings (SSSR count). The van der Waals surface area contributed by atoms with Crippen molar-refractivity contribution < 1.29 is 14.3 Å². The molecule has 0 fully saturated rings. The van der Waals surface area contributed by atoms with E-state index in [-0.39, 0.29) is 18.8 Å². The molecule has 5 nitrogen and oxygen atoms in total. The topological polar surface area (TPSA) is 71.2 Å². The van der Waals surface area contributed by atoms with Gasteiger partial charge in [0.25, 0.3) is 9.70 Å². The van der Waals surface area contributed by atoms with E-state index in [4.69, 9.17) is 39.5 Å². The number of aromatic amines is 1. The van der Waals surface area contributed by atoms with Crippen LogP contribution in [0.5, 0.6) is 0 Å². The van der Waals surface area contributed by atoms with E-state index >= 15 is 0 Å². The molecule has 1 amide bonds. The standard InChI is InChI=1S/C15H13Cl3N2O3/c1-2-23-14(20-13(22)15(16,17)18)7-9-8-5-3-4-6-10(8)19-11(9)12(14)21/h3-6,19H,2,7H2,1H3,(H,20,22). The summed E-state index contributed by atoms with van der Waals surface area (Å²) < 4.78 is 3.40. The smallest absolute Gasteiger partial charge is 0.274 e. The minimum Gasteiger partial charge on any atom is -0.352 e. The van der Waals surface area contributed by atoms with Gasteiger partial charge in [0.15, 0.2) is 0 Å². The van der Waals surface area contributed by atoms with Gasteiger partial charge in [0.05, 0.1) is 5.69 Å². The van der Waals surface area contributed by atoms with Crippen LogP contribution in [0.4, 0.5) is 0 Å². The van der Waals surface area contributed by atoms with Crippen molar-refractivity contribution in [1.82, 2.24) is 10.3 Å². The fourth-order valence-electron chi connectivity index (χ4n) is 2.86. The summed E-state index contributed by atoms with van der Waals surface area (Å²) in [6, 6.07) is 7.53. The lowest BCUT2D eigenvalue weighted by atomic mass is 10.1. The Morgan fingerprint density at radius 1 is 1.39 bits per heavy atom. The molecule has 1 heterocycles. The molecule has 8 heteroatoms. The quantitative estimate of drug-likeness (QED) is 0.639. The number of Topliss-reactive ketones (excluding diaryl/α,β-unsaturated/α-hetero) is 1. The monoisotopic (exact) mass is 374 g/mol. The molecule has 1 aliphatic rings. The van der Waals surface area contributed by atoms with Gasteiger partial charge in [-0.25, -0.2) is 0 Å². The summed E-state index contributed by atoms with van der Waals surface area (Å²) >= 11 is 16.8. The van der Waals surface area contributed by atoms with Gasteiger partial charge >= 0.3 is 0 Å². The van der Waals surface area contributed by atoms with Crippen LogP contribution in [-0.2, 0) is 16.0 Å². The van der Waals surface area contributed by atoms with E-state index < -0.39 is 15.4 Å². The largest absolute Gasteiger partial charge is 0.352 e. The van der Waals surface area contributed by atoms with Gasteiger partial charge in [-0.1, -0.05) is 53.0 Å². The molecule has 0 aliphatic heterocycles. The van der Waals surface area contributed by atoms with E-state index in [1.54, 1.807) is 6.92 Å². The molecule has 1 unspecified atom stereocenters. The van der Waals surface area contributed by atoms with Gasteiger partial charge in [-0.05, 0) is 18.6 Å². The fourth-order valence-corrected chi connectivity index (χ4v) is 3.00. The maximum atomic E-state index is 12.8. The molecule has 1 aliphatic carbocycles. The number of fused-ring (bicyclic) bond motifs is 3. The van der Waals surface area contributed by atoms with Gasteiger partial charge in [0, 0.05) is 23.9 Å². The zero-order chi connectivity index (χ0) is 16.8. The second-order valence-corrected chi connectivity index (χ2v) is 7.52. The minimum atomic E-state index is -2.18. The number of benzene rings is 1. The van der Waals surface area contributed by atoms with Crippen LogP contribution < -0.4 is 5.32 Å². The summed E-state index contributed by atoms with van der Waals surface area (Å²) in [5.74, 6) is -1.29. The van der Waals surface area contributed by atoms with Crippen LogP contribution in [0.1, 0.15) is 23.0 Å². The number of para-hydroxylation sites is 1. The zero-order valence-corrected chi connectivity index (χ0v) is 14.4. The molecule has 122 valence electrons. The van der Waals surface area contributed by atoms with Crippen molar-refractivity contribution in [2.75, 3.05) is 6.61 Å². The highest BCUT2D eigenvalue weighted by Crippen LogP contribution is 2.37. The first-order chi connectivity index (χ1) is 10.8. The summed E-state index contributed by atoms with van der Waals surface area (Å²) in [5.41, 5.74) is 0.484. The maximum absolute atomic E-state index is 12.8. The predicted molar refractivity (Wildman–Crippen MR) is 89.1 cm³/mol. The third kappa shape index (κ3) is 2.72. The molecule has 1 aromatic heterocycles. The van der Waals surface area contributed by atoms with Crippen LogP contribution in [0.3, 0.4) is 0 Å². The number of carbonyl (C=O) groups is 2. The van der Waals surface area contributed by atoms with Gasteiger partial charge in [-0.2, -0.15) is 0 Å². The van der Waals surface area contributed by atoms with Crippen molar-refractivity contribution in [2.24, 2.45) is 0 Å². The number of aromatic nitrogens is 1. The van der Waals surface area contributed by atoms with E-state index in [9.17, 15) is 9.59 Å². The molecule has 0 radical (unpaired) electrons.